The van der Waals surface area contributed by atoms with Crippen LogP contribution in [0.25, 0.3) is 0 Å². The Labute approximate surface area is 115 Å². The van der Waals surface area contributed by atoms with Gasteiger partial charge in [0.05, 0.1) is 15.1 Å². The van der Waals surface area contributed by atoms with Gasteiger partial charge in [0, 0.05) is 13.1 Å². The predicted molar refractivity (Wildman–Crippen MR) is 74.5 cm³/mol. The number of rotatable bonds is 2. The third-order valence-corrected chi connectivity index (χ3v) is 4.47. The second-order valence-corrected chi connectivity index (χ2v) is 6.07. The Hall–Kier alpha value is -1.16. The third kappa shape index (κ3) is 2.09. The number of Topliss-reactive ketones (excluding diaryl/α,β-unsaturated/α-hetero) is 1. The lowest BCUT2D eigenvalue weighted by molar-refractivity contribution is 0.0959. The van der Waals surface area contributed by atoms with Gasteiger partial charge in [-0.1, -0.05) is 35.9 Å². The molecule has 2 aromatic rings. The molecule has 1 aliphatic heterocycles. The molecule has 1 aliphatic rings. The molecule has 1 aromatic carbocycles. The van der Waals surface area contributed by atoms with E-state index in [9.17, 15) is 4.79 Å². The van der Waals surface area contributed by atoms with Gasteiger partial charge in [0.25, 0.3) is 0 Å². The molecule has 1 aromatic heterocycles. The maximum absolute atomic E-state index is 12.5. The average molecular weight is 278 g/mol. The first-order valence-electron chi connectivity index (χ1n) is 5.84. The molecule has 1 N–H and O–H groups in total. The fourth-order valence-corrected chi connectivity index (χ4v) is 3.39. The van der Waals surface area contributed by atoms with E-state index in [1.807, 2.05) is 24.3 Å². The van der Waals surface area contributed by atoms with E-state index < -0.39 is 0 Å². The van der Waals surface area contributed by atoms with E-state index in [2.05, 4.69) is 11.4 Å². The van der Waals surface area contributed by atoms with Crippen LogP contribution in [0.15, 0.2) is 36.4 Å². The molecule has 92 valence electrons. The summed E-state index contributed by atoms with van der Waals surface area (Å²) in [6.07, 6.45) is 0. The minimum Gasteiger partial charge on any atom is -0.312 e. The smallest absolute Gasteiger partial charge is 0.181 e. The number of hydrogen-bond donors (Lipinski definition) is 1. The number of benzene rings is 1. The molecule has 1 unspecified atom stereocenters. The van der Waals surface area contributed by atoms with E-state index in [0.717, 1.165) is 17.0 Å². The number of thiophene rings is 1. The Morgan fingerprint density at radius 2 is 2.11 bits per heavy atom. The number of halogens is 1. The van der Waals surface area contributed by atoms with E-state index in [1.165, 1.54) is 16.9 Å². The van der Waals surface area contributed by atoms with Gasteiger partial charge in [0.2, 0.25) is 0 Å². The number of carbonyl (C=O) groups is 1. The molecule has 0 amide bonds. The molecule has 4 heteroatoms. The normalized spacial score (nSPS) is 18.4. The molecular formula is C14H12ClNOS. The quantitative estimate of drug-likeness (QED) is 0.852. The van der Waals surface area contributed by atoms with Gasteiger partial charge in [-0.15, -0.1) is 11.3 Å². The predicted octanol–water partition coefficient (Wildman–Crippen LogP) is 3.47. The molecule has 0 aliphatic carbocycles. The van der Waals surface area contributed by atoms with E-state index in [1.54, 1.807) is 6.07 Å². The molecule has 1 atom stereocenters. The molecule has 0 saturated carbocycles. The van der Waals surface area contributed by atoms with Crippen molar-refractivity contribution in [3.05, 3.63) is 56.7 Å². The van der Waals surface area contributed by atoms with Crippen molar-refractivity contribution in [3.8, 4) is 0 Å². The molecule has 0 radical (unpaired) electrons. The van der Waals surface area contributed by atoms with Crippen LogP contribution in [-0.2, 0) is 6.54 Å². The van der Waals surface area contributed by atoms with Crippen LogP contribution in [0.4, 0.5) is 0 Å². The molecular weight excluding hydrogens is 266 g/mol. The van der Waals surface area contributed by atoms with Gasteiger partial charge in [-0.3, -0.25) is 4.79 Å². The van der Waals surface area contributed by atoms with Crippen molar-refractivity contribution in [2.45, 2.75) is 12.5 Å². The van der Waals surface area contributed by atoms with Crippen LogP contribution in [0.5, 0.6) is 0 Å². The summed E-state index contributed by atoms with van der Waals surface area (Å²) in [4.78, 5) is 13.2. The maximum Gasteiger partial charge on any atom is 0.181 e. The van der Waals surface area contributed by atoms with Crippen LogP contribution in [0.1, 0.15) is 26.7 Å². The number of ketones is 1. The summed E-state index contributed by atoms with van der Waals surface area (Å²) < 4.78 is 0.662. The second kappa shape index (κ2) is 4.84. The summed E-state index contributed by atoms with van der Waals surface area (Å²) in [7, 11) is 0. The van der Waals surface area contributed by atoms with E-state index in [4.69, 9.17) is 11.6 Å². The Balaban J connectivity index is 1.96. The fourth-order valence-electron chi connectivity index (χ4n) is 2.35. The van der Waals surface area contributed by atoms with Crippen LogP contribution >= 0.6 is 22.9 Å². The Kier molecular flexibility index (Phi) is 3.20. The van der Waals surface area contributed by atoms with Gasteiger partial charge in [-0.05, 0) is 23.3 Å². The third-order valence-electron chi connectivity index (χ3n) is 3.23. The number of fused-ring (bicyclic) bond motifs is 1. The van der Waals surface area contributed by atoms with E-state index >= 15 is 0 Å². The highest BCUT2D eigenvalue weighted by Crippen LogP contribution is 2.30. The van der Waals surface area contributed by atoms with Crippen molar-refractivity contribution >= 4 is 28.7 Å². The van der Waals surface area contributed by atoms with Gasteiger partial charge < -0.3 is 5.32 Å². The molecule has 0 bridgehead atoms. The Morgan fingerprint density at radius 3 is 2.89 bits per heavy atom. The van der Waals surface area contributed by atoms with E-state index in [0.29, 0.717) is 10.9 Å². The summed E-state index contributed by atoms with van der Waals surface area (Å²) in [5.41, 5.74) is 2.36. The van der Waals surface area contributed by atoms with Crippen LogP contribution in [0, 0.1) is 0 Å². The fraction of sp³-hybridized carbons (Fsp3) is 0.214. The summed E-state index contributed by atoms with van der Waals surface area (Å²) in [5, 5.41) is 3.30. The maximum atomic E-state index is 12.5. The van der Waals surface area contributed by atoms with Gasteiger partial charge in [0.1, 0.15) is 0 Å². The van der Waals surface area contributed by atoms with Crippen molar-refractivity contribution in [3.63, 3.8) is 0 Å². The monoisotopic (exact) mass is 277 g/mol. The van der Waals surface area contributed by atoms with Crippen molar-refractivity contribution in [2.24, 2.45) is 0 Å². The Morgan fingerprint density at radius 1 is 1.28 bits per heavy atom. The first kappa shape index (κ1) is 11.9. The zero-order valence-electron chi connectivity index (χ0n) is 9.65. The number of nitrogens with one attached hydrogen (secondary N) is 1. The highest BCUT2D eigenvalue weighted by Gasteiger charge is 2.27. The van der Waals surface area contributed by atoms with Crippen molar-refractivity contribution in [1.29, 1.82) is 0 Å². The largest absolute Gasteiger partial charge is 0.312 e. The average Bonchev–Trinajstić information content (AvgIpc) is 2.84. The summed E-state index contributed by atoms with van der Waals surface area (Å²) in [6.45, 7) is 1.54. The zero-order valence-corrected chi connectivity index (χ0v) is 11.2. The van der Waals surface area contributed by atoms with Gasteiger partial charge in [-0.25, -0.2) is 0 Å². The lowest BCUT2D eigenvalue weighted by Gasteiger charge is -2.24. The van der Waals surface area contributed by atoms with Gasteiger partial charge in [-0.2, -0.15) is 0 Å². The molecule has 18 heavy (non-hydrogen) atoms. The summed E-state index contributed by atoms with van der Waals surface area (Å²) in [6, 6.07) is 11.7. The first-order chi connectivity index (χ1) is 8.75. The zero-order chi connectivity index (χ0) is 12.5. The number of hydrogen-bond acceptors (Lipinski definition) is 3. The SMILES string of the molecule is O=C(c1ccc(Cl)s1)C1CNCc2ccccc21. The minimum atomic E-state index is -0.0929. The highest BCUT2D eigenvalue weighted by atomic mass is 35.5. The molecule has 0 spiro atoms. The lowest BCUT2D eigenvalue weighted by atomic mass is 9.87. The van der Waals surface area contributed by atoms with Crippen LogP contribution in [0.3, 0.4) is 0 Å². The molecule has 2 heterocycles. The van der Waals surface area contributed by atoms with E-state index in [-0.39, 0.29) is 11.7 Å². The lowest BCUT2D eigenvalue weighted by Crippen LogP contribution is -2.32. The highest BCUT2D eigenvalue weighted by molar-refractivity contribution is 7.18. The summed E-state index contributed by atoms with van der Waals surface area (Å²) in [5.74, 6) is 0.0659. The van der Waals surface area contributed by atoms with Crippen LogP contribution in [0.2, 0.25) is 4.34 Å². The molecule has 3 rings (SSSR count). The molecule has 0 saturated heterocycles. The van der Waals surface area contributed by atoms with Gasteiger partial charge >= 0.3 is 0 Å². The standard InChI is InChI=1S/C14H12ClNOS/c15-13-6-5-12(18-13)14(17)11-8-16-7-9-3-1-2-4-10(9)11/h1-6,11,16H,7-8H2. The van der Waals surface area contributed by atoms with Crippen molar-refractivity contribution < 1.29 is 4.79 Å². The molecule has 0 fully saturated rings. The first-order valence-corrected chi connectivity index (χ1v) is 7.03. The van der Waals surface area contributed by atoms with Crippen molar-refractivity contribution in [1.82, 2.24) is 5.32 Å². The van der Waals surface area contributed by atoms with Crippen LogP contribution in [-0.4, -0.2) is 12.3 Å². The van der Waals surface area contributed by atoms with Gasteiger partial charge in [0.15, 0.2) is 5.78 Å². The van der Waals surface area contributed by atoms with Crippen LogP contribution < -0.4 is 5.32 Å². The molecule has 2 nitrogen and oxygen atoms in total. The Bertz CT molecular complexity index is 593. The topological polar surface area (TPSA) is 29.1 Å². The number of carbonyl (C=O) groups excluding carboxylic acids is 1. The second-order valence-electron chi connectivity index (χ2n) is 4.35. The summed E-state index contributed by atoms with van der Waals surface area (Å²) >= 11 is 7.25. The minimum absolute atomic E-state index is 0.0929. The van der Waals surface area contributed by atoms with Crippen molar-refractivity contribution in [2.75, 3.05) is 6.54 Å².